The van der Waals surface area contributed by atoms with Gasteiger partial charge in [0.1, 0.15) is 41.8 Å². The lowest BCUT2D eigenvalue weighted by Gasteiger charge is -2.29. The van der Waals surface area contributed by atoms with Crippen LogP contribution in [-0.2, 0) is 41.6 Å². The van der Waals surface area contributed by atoms with Gasteiger partial charge in [0.15, 0.2) is 23.7 Å². The van der Waals surface area contributed by atoms with Crippen molar-refractivity contribution >= 4 is 53.2 Å². The number of nitrogens with two attached hydrogens (primary N) is 7. The van der Waals surface area contributed by atoms with Crippen molar-refractivity contribution in [2.45, 2.75) is 121 Å². The number of benzene rings is 2. The van der Waals surface area contributed by atoms with E-state index >= 15 is 0 Å². The Balaban J connectivity index is 2.52. The fourth-order valence-corrected chi connectivity index (χ4v) is 6.70. The molecular formula is C44H71N15O9. The average Bonchev–Trinajstić information content (AvgIpc) is 3.28. The van der Waals surface area contributed by atoms with Gasteiger partial charge in [-0.2, -0.15) is 0 Å². The summed E-state index contributed by atoms with van der Waals surface area (Å²) in [5, 5.41) is 43.5. The number of hydrogen-bond acceptors (Lipinski definition) is 13. The number of phenolic OH excluding ortho intramolecular Hbond substituents is 2. The number of aliphatic imine (C=N–C) groups is 3. The molecule has 8 atom stereocenters. The summed E-state index contributed by atoms with van der Waals surface area (Å²) >= 11 is 0. The second kappa shape index (κ2) is 29.4. The monoisotopic (exact) mass is 954 g/mol. The van der Waals surface area contributed by atoms with Crippen LogP contribution in [0.15, 0.2) is 63.5 Å². The summed E-state index contributed by atoms with van der Waals surface area (Å²) < 4.78 is 0. The Morgan fingerprint density at radius 2 is 0.897 bits per heavy atom. The molecule has 0 radical (unpaired) electrons. The standard InChI is InChI=1S/C44H71N15O9/c1-4-24(2)35(41(68)55-31(36(63)25(3)60)9-6-20-53-43(48)49)59-38(65)32(10-7-21-54-44(50)51)56-39(66)34(23-27-13-17-29(62)18-14-27)58-40(67)33(22-26-11-15-28(61)16-12-26)57-37(64)30(45)8-5-19-52-42(46)47/h11-18,24-25,30-35,60-62H,4-10,19-23,45H2,1-3H3,(H,55,68)(H,56,66)(H,57,64)(H,58,67)(H,59,65)(H4,46,47,52)(H4,48,49,53)(H4,50,51,54)/t24-,25?,30-,31-,32-,33-,34-,35-/m0/s1. The van der Waals surface area contributed by atoms with Crippen LogP contribution in [-0.4, -0.2) is 131 Å². The van der Waals surface area contributed by atoms with Gasteiger partial charge < -0.3 is 82.0 Å². The van der Waals surface area contributed by atoms with Gasteiger partial charge in [0.05, 0.1) is 12.1 Å². The van der Waals surface area contributed by atoms with Crippen molar-refractivity contribution in [2.24, 2.45) is 61.0 Å². The molecule has 0 heterocycles. The van der Waals surface area contributed by atoms with E-state index in [9.17, 15) is 44.1 Å². The molecule has 0 fully saturated rings. The summed E-state index contributed by atoms with van der Waals surface area (Å²) in [6.45, 7) is 5.17. The predicted molar refractivity (Wildman–Crippen MR) is 257 cm³/mol. The number of rotatable bonds is 30. The van der Waals surface area contributed by atoms with Crippen LogP contribution >= 0.6 is 0 Å². The van der Waals surface area contributed by atoms with Gasteiger partial charge in [-0.3, -0.25) is 43.7 Å². The fourth-order valence-electron chi connectivity index (χ4n) is 6.70. The van der Waals surface area contributed by atoms with E-state index in [2.05, 4.69) is 41.6 Å². The Morgan fingerprint density at radius 1 is 0.529 bits per heavy atom. The molecule has 68 heavy (non-hydrogen) atoms. The van der Waals surface area contributed by atoms with Crippen LogP contribution in [0.25, 0.3) is 0 Å². The maximum atomic E-state index is 14.5. The van der Waals surface area contributed by atoms with Crippen LogP contribution in [0.2, 0.25) is 0 Å². The molecule has 0 aliphatic rings. The minimum absolute atomic E-state index is 0.0353. The van der Waals surface area contributed by atoms with Gasteiger partial charge in [-0.1, -0.05) is 44.5 Å². The molecule has 5 amide bonds. The molecular weight excluding hydrogens is 883 g/mol. The van der Waals surface area contributed by atoms with E-state index in [-0.39, 0.29) is 94.0 Å². The highest BCUT2D eigenvalue weighted by Crippen LogP contribution is 2.16. The first-order chi connectivity index (χ1) is 32.1. The number of aromatic hydroxyl groups is 2. The maximum absolute atomic E-state index is 14.5. The number of hydrogen-bond donors (Lipinski definition) is 15. The zero-order chi connectivity index (χ0) is 50.9. The van der Waals surface area contributed by atoms with Crippen molar-refractivity contribution in [1.82, 2.24) is 26.6 Å². The minimum atomic E-state index is -1.43. The van der Waals surface area contributed by atoms with Crippen molar-refractivity contribution in [3.63, 3.8) is 0 Å². The highest BCUT2D eigenvalue weighted by molar-refractivity contribution is 5.97. The van der Waals surface area contributed by atoms with Gasteiger partial charge >= 0.3 is 0 Å². The molecule has 0 bridgehead atoms. The molecule has 24 heteroatoms. The summed E-state index contributed by atoms with van der Waals surface area (Å²) in [5.41, 5.74) is 39.9. The molecule has 0 aliphatic carbocycles. The van der Waals surface area contributed by atoms with Gasteiger partial charge in [-0.05, 0) is 86.8 Å². The van der Waals surface area contributed by atoms with E-state index in [1.807, 2.05) is 0 Å². The maximum Gasteiger partial charge on any atom is 0.243 e. The summed E-state index contributed by atoms with van der Waals surface area (Å²) in [7, 11) is 0. The zero-order valence-corrected chi connectivity index (χ0v) is 38.9. The van der Waals surface area contributed by atoms with Crippen molar-refractivity contribution in [1.29, 1.82) is 0 Å². The van der Waals surface area contributed by atoms with Gasteiger partial charge in [0.2, 0.25) is 29.5 Å². The first-order valence-corrected chi connectivity index (χ1v) is 22.3. The molecule has 0 saturated carbocycles. The highest BCUT2D eigenvalue weighted by Gasteiger charge is 2.35. The number of amides is 5. The van der Waals surface area contributed by atoms with E-state index < -0.39 is 83.6 Å². The molecule has 0 aromatic heterocycles. The number of aliphatic hydroxyl groups excluding tert-OH is 1. The molecule has 1 unspecified atom stereocenters. The number of guanidine groups is 3. The molecule has 22 N–H and O–H groups in total. The lowest BCUT2D eigenvalue weighted by atomic mass is 9.95. The zero-order valence-electron chi connectivity index (χ0n) is 38.9. The minimum Gasteiger partial charge on any atom is -0.508 e. The topological polar surface area (TPSA) is 442 Å². The number of carbonyl (C=O) groups excluding carboxylic acids is 6. The normalized spacial score (nSPS) is 14.4. The number of phenols is 2. The third-order valence-corrected chi connectivity index (χ3v) is 10.7. The van der Waals surface area contributed by atoms with Crippen LogP contribution in [0.3, 0.4) is 0 Å². The third kappa shape index (κ3) is 21.4. The molecule has 2 aromatic carbocycles. The molecule has 24 nitrogen and oxygen atoms in total. The Labute approximate surface area is 395 Å². The summed E-state index contributed by atoms with van der Waals surface area (Å²) in [6, 6.07) is 4.21. The van der Waals surface area contributed by atoms with Crippen LogP contribution in [0, 0.1) is 5.92 Å². The van der Waals surface area contributed by atoms with Crippen LogP contribution in [0.5, 0.6) is 11.5 Å². The Bertz CT molecular complexity index is 2040. The first kappa shape index (κ1) is 56.9. The van der Waals surface area contributed by atoms with E-state index in [1.54, 1.807) is 26.0 Å². The number of nitrogens with one attached hydrogen (secondary N) is 5. The van der Waals surface area contributed by atoms with Gasteiger partial charge in [0.25, 0.3) is 0 Å². The number of aliphatic hydroxyl groups is 1. The predicted octanol–water partition coefficient (Wildman–Crippen LogP) is -3.21. The lowest BCUT2D eigenvalue weighted by molar-refractivity contribution is -0.136. The Hall–Kier alpha value is -7.21. The molecule has 0 spiro atoms. The molecule has 2 aromatic rings. The van der Waals surface area contributed by atoms with Crippen LogP contribution in [0.4, 0.5) is 0 Å². The average molecular weight is 954 g/mol. The van der Waals surface area contributed by atoms with E-state index in [4.69, 9.17) is 40.1 Å². The summed E-state index contributed by atoms with van der Waals surface area (Å²) in [5.74, 6) is -5.61. The molecule has 0 saturated heterocycles. The third-order valence-electron chi connectivity index (χ3n) is 10.7. The van der Waals surface area contributed by atoms with Gasteiger partial charge in [-0.25, -0.2) is 0 Å². The fraction of sp³-hybridized carbons (Fsp3) is 0.523. The Morgan fingerprint density at radius 3 is 1.31 bits per heavy atom. The first-order valence-electron chi connectivity index (χ1n) is 22.3. The highest BCUT2D eigenvalue weighted by atomic mass is 16.3. The number of carbonyl (C=O) groups is 6. The van der Waals surface area contributed by atoms with Crippen LogP contribution < -0.4 is 66.7 Å². The van der Waals surface area contributed by atoms with Gasteiger partial charge in [0, 0.05) is 32.5 Å². The number of nitrogens with zero attached hydrogens (tertiary/aromatic N) is 3. The molecule has 2 rings (SSSR count). The van der Waals surface area contributed by atoms with E-state index in [0.29, 0.717) is 24.0 Å². The SMILES string of the molecule is CC[C@H](C)[C@H](NC(=O)[C@H](CCCN=C(N)N)NC(=O)[C@H](Cc1ccc(O)cc1)NC(=O)[C@H](Cc1ccc(O)cc1)NC(=O)[C@@H](N)CCCN=C(N)N)C(=O)N[C@@H](CCCN=C(N)N)C(=O)C(C)O. The molecule has 0 aliphatic heterocycles. The quantitative estimate of drug-likeness (QED) is 0.0208. The smallest absolute Gasteiger partial charge is 0.243 e. The largest absolute Gasteiger partial charge is 0.508 e. The van der Waals surface area contributed by atoms with Crippen molar-refractivity contribution in [2.75, 3.05) is 19.6 Å². The molecule has 376 valence electrons. The van der Waals surface area contributed by atoms with Crippen molar-refractivity contribution in [3.8, 4) is 11.5 Å². The van der Waals surface area contributed by atoms with Crippen molar-refractivity contribution < 1.29 is 44.1 Å². The number of ketones is 1. The van der Waals surface area contributed by atoms with E-state index in [1.165, 1.54) is 43.3 Å². The second-order valence-electron chi connectivity index (χ2n) is 16.4. The van der Waals surface area contributed by atoms with Gasteiger partial charge in [-0.15, -0.1) is 0 Å². The van der Waals surface area contributed by atoms with E-state index in [0.717, 1.165) is 0 Å². The second-order valence-corrected chi connectivity index (χ2v) is 16.4. The lowest BCUT2D eigenvalue weighted by Crippen LogP contribution is -2.60. The summed E-state index contributed by atoms with van der Waals surface area (Å²) in [4.78, 5) is 95.1. The van der Waals surface area contributed by atoms with Crippen LogP contribution in [0.1, 0.15) is 76.8 Å². The Kier molecular flexibility index (Phi) is 24.6. The number of Topliss-reactive ketones (excluding diaryl/α,β-unsaturated/α-hetero) is 1. The summed E-state index contributed by atoms with van der Waals surface area (Å²) in [6.07, 6.45) is -0.331. The van der Waals surface area contributed by atoms with Crippen molar-refractivity contribution in [3.05, 3.63) is 59.7 Å².